The standard InChI is InChI=1S/C25H22FN3O4/c1-16-11-18(17(2)29(16)22-7-9-23(32-3)10-8-22)12-19(14-27)25(31)33-15-24(30)28-21-6-4-5-20(26)13-21/h4-13H,15H2,1-3H3,(H,28,30)/b19-12+. The molecule has 0 radical (unpaired) electrons. The number of carbonyl (C=O) groups excluding carboxylic acids is 2. The normalized spacial score (nSPS) is 10.9. The number of hydrogen-bond acceptors (Lipinski definition) is 5. The third-order valence-electron chi connectivity index (χ3n) is 4.88. The smallest absolute Gasteiger partial charge is 0.349 e. The number of rotatable bonds is 7. The highest BCUT2D eigenvalue weighted by Crippen LogP contribution is 2.24. The summed E-state index contributed by atoms with van der Waals surface area (Å²) < 4.78 is 25.3. The highest BCUT2D eigenvalue weighted by atomic mass is 19.1. The fourth-order valence-corrected chi connectivity index (χ4v) is 3.33. The van der Waals surface area contributed by atoms with Gasteiger partial charge in [0, 0.05) is 22.8 Å². The van der Waals surface area contributed by atoms with E-state index in [4.69, 9.17) is 9.47 Å². The number of esters is 1. The van der Waals surface area contributed by atoms with Gasteiger partial charge in [0.25, 0.3) is 5.91 Å². The van der Waals surface area contributed by atoms with E-state index in [0.717, 1.165) is 28.9 Å². The van der Waals surface area contributed by atoms with E-state index in [9.17, 15) is 19.2 Å². The fourth-order valence-electron chi connectivity index (χ4n) is 3.33. The number of nitrogens with zero attached hydrogens (tertiary/aromatic N) is 2. The molecule has 0 bridgehead atoms. The number of nitriles is 1. The molecule has 0 aliphatic carbocycles. The lowest BCUT2D eigenvalue weighted by Gasteiger charge is -2.10. The molecule has 1 amide bonds. The highest BCUT2D eigenvalue weighted by molar-refractivity contribution is 6.00. The lowest BCUT2D eigenvalue weighted by atomic mass is 10.1. The van der Waals surface area contributed by atoms with Crippen LogP contribution in [0.15, 0.2) is 60.2 Å². The summed E-state index contributed by atoms with van der Waals surface area (Å²) in [5.41, 5.74) is 3.29. The molecule has 168 valence electrons. The molecule has 0 saturated carbocycles. The van der Waals surface area contributed by atoms with Crippen molar-refractivity contribution in [2.45, 2.75) is 13.8 Å². The molecule has 0 saturated heterocycles. The number of methoxy groups -OCH3 is 1. The van der Waals surface area contributed by atoms with Gasteiger partial charge in [0.05, 0.1) is 7.11 Å². The monoisotopic (exact) mass is 447 g/mol. The zero-order valence-electron chi connectivity index (χ0n) is 18.4. The van der Waals surface area contributed by atoms with E-state index in [2.05, 4.69) is 5.32 Å². The maximum atomic E-state index is 13.2. The van der Waals surface area contributed by atoms with Gasteiger partial charge < -0.3 is 19.4 Å². The van der Waals surface area contributed by atoms with Crippen LogP contribution >= 0.6 is 0 Å². The first-order valence-electron chi connectivity index (χ1n) is 10.00. The van der Waals surface area contributed by atoms with E-state index < -0.39 is 24.3 Å². The van der Waals surface area contributed by atoms with Crippen molar-refractivity contribution in [1.29, 1.82) is 5.26 Å². The molecule has 0 fully saturated rings. The lowest BCUT2D eigenvalue weighted by Crippen LogP contribution is -2.21. The van der Waals surface area contributed by atoms with E-state index >= 15 is 0 Å². The van der Waals surface area contributed by atoms with Crippen molar-refractivity contribution in [3.63, 3.8) is 0 Å². The maximum Gasteiger partial charge on any atom is 0.349 e. The number of hydrogen-bond donors (Lipinski definition) is 1. The zero-order valence-corrected chi connectivity index (χ0v) is 18.4. The quantitative estimate of drug-likeness (QED) is 0.331. The summed E-state index contributed by atoms with van der Waals surface area (Å²) in [5, 5.41) is 11.9. The second-order valence-electron chi connectivity index (χ2n) is 7.16. The molecule has 8 heteroatoms. The highest BCUT2D eigenvalue weighted by Gasteiger charge is 2.16. The predicted octanol–water partition coefficient (Wildman–Crippen LogP) is 4.33. The Morgan fingerprint density at radius 3 is 2.52 bits per heavy atom. The third-order valence-corrected chi connectivity index (χ3v) is 4.88. The van der Waals surface area contributed by atoms with Crippen molar-refractivity contribution in [2.75, 3.05) is 19.0 Å². The molecule has 0 atom stereocenters. The van der Waals surface area contributed by atoms with Crippen LogP contribution in [-0.2, 0) is 14.3 Å². The fraction of sp³-hybridized carbons (Fsp3) is 0.160. The predicted molar refractivity (Wildman–Crippen MR) is 121 cm³/mol. The van der Waals surface area contributed by atoms with E-state index in [0.29, 0.717) is 5.56 Å². The zero-order chi connectivity index (χ0) is 24.0. The second kappa shape index (κ2) is 10.3. The molecular weight excluding hydrogens is 425 g/mol. The van der Waals surface area contributed by atoms with E-state index in [-0.39, 0.29) is 11.3 Å². The molecule has 0 unspecified atom stereocenters. The molecule has 1 aromatic heterocycles. The Labute approximate surface area is 190 Å². The Balaban J connectivity index is 1.72. The molecule has 3 aromatic rings. The second-order valence-corrected chi connectivity index (χ2v) is 7.16. The van der Waals surface area contributed by atoms with Gasteiger partial charge in [-0.2, -0.15) is 5.26 Å². The van der Waals surface area contributed by atoms with Crippen LogP contribution in [0.1, 0.15) is 17.0 Å². The number of anilines is 1. The van der Waals surface area contributed by atoms with Crippen LogP contribution in [0.5, 0.6) is 5.75 Å². The van der Waals surface area contributed by atoms with Crippen LogP contribution < -0.4 is 10.1 Å². The number of benzene rings is 2. The number of halogens is 1. The van der Waals surface area contributed by atoms with Gasteiger partial charge in [0.2, 0.25) is 0 Å². The number of aryl methyl sites for hydroxylation is 1. The Morgan fingerprint density at radius 2 is 1.88 bits per heavy atom. The Hall–Kier alpha value is -4.38. The molecular formula is C25H22FN3O4. The first kappa shape index (κ1) is 23.3. The minimum atomic E-state index is -0.929. The summed E-state index contributed by atoms with van der Waals surface area (Å²) in [6.07, 6.45) is 1.43. The topological polar surface area (TPSA) is 93.3 Å². The third kappa shape index (κ3) is 5.66. The molecule has 1 heterocycles. The molecule has 0 aliphatic heterocycles. The van der Waals surface area contributed by atoms with Crippen LogP contribution in [0, 0.1) is 31.0 Å². The number of nitrogens with one attached hydrogen (secondary N) is 1. The molecule has 33 heavy (non-hydrogen) atoms. The van der Waals surface area contributed by atoms with Crippen molar-refractivity contribution in [3.05, 3.63) is 82.9 Å². The Bertz CT molecular complexity index is 1250. The first-order chi connectivity index (χ1) is 15.8. The molecule has 2 aromatic carbocycles. The number of carbonyl (C=O) groups is 2. The minimum Gasteiger partial charge on any atom is -0.497 e. The van der Waals surface area contributed by atoms with Gasteiger partial charge in [0.1, 0.15) is 23.2 Å². The summed E-state index contributed by atoms with van der Waals surface area (Å²) in [7, 11) is 1.59. The van der Waals surface area contributed by atoms with Crippen LogP contribution in [-0.4, -0.2) is 30.2 Å². The average Bonchev–Trinajstić information content (AvgIpc) is 3.08. The van der Waals surface area contributed by atoms with Gasteiger partial charge in [0.15, 0.2) is 6.61 Å². The summed E-state index contributed by atoms with van der Waals surface area (Å²) in [4.78, 5) is 24.3. The summed E-state index contributed by atoms with van der Waals surface area (Å²) >= 11 is 0. The minimum absolute atomic E-state index is 0.234. The largest absolute Gasteiger partial charge is 0.497 e. The van der Waals surface area contributed by atoms with E-state index in [1.807, 2.05) is 54.8 Å². The molecule has 0 spiro atoms. The van der Waals surface area contributed by atoms with Crippen LogP contribution in [0.3, 0.4) is 0 Å². The average molecular weight is 447 g/mol. The molecule has 7 nitrogen and oxygen atoms in total. The number of aromatic nitrogens is 1. The molecule has 3 rings (SSSR count). The number of amides is 1. The van der Waals surface area contributed by atoms with Crippen LogP contribution in [0.4, 0.5) is 10.1 Å². The van der Waals surface area contributed by atoms with Crippen molar-refractivity contribution in [1.82, 2.24) is 4.57 Å². The lowest BCUT2D eigenvalue weighted by molar-refractivity contribution is -0.142. The van der Waals surface area contributed by atoms with Gasteiger partial charge in [-0.05, 0) is 74.0 Å². The first-order valence-corrected chi connectivity index (χ1v) is 10.00. The van der Waals surface area contributed by atoms with Crippen molar-refractivity contribution in [2.24, 2.45) is 0 Å². The van der Waals surface area contributed by atoms with Crippen LogP contribution in [0.2, 0.25) is 0 Å². The molecule has 0 aliphatic rings. The van der Waals surface area contributed by atoms with Gasteiger partial charge in [-0.25, -0.2) is 9.18 Å². The number of ether oxygens (including phenoxy) is 2. The Kier molecular flexibility index (Phi) is 7.26. The Morgan fingerprint density at radius 1 is 1.15 bits per heavy atom. The van der Waals surface area contributed by atoms with Crippen molar-refractivity contribution in [3.8, 4) is 17.5 Å². The summed E-state index contributed by atoms with van der Waals surface area (Å²) in [6.45, 7) is 3.17. The van der Waals surface area contributed by atoms with Gasteiger partial charge in [-0.15, -0.1) is 0 Å². The SMILES string of the molecule is COc1ccc(-n2c(C)cc(/C=C(\C#N)C(=O)OCC(=O)Nc3cccc(F)c3)c2C)cc1. The maximum absolute atomic E-state index is 13.2. The van der Waals surface area contributed by atoms with Gasteiger partial charge in [-0.1, -0.05) is 6.07 Å². The van der Waals surface area contributed by atoms with Crippen molar-refractivity contribution < 1.29 is 23.5 Å². The van der Waals surface area contributed by atoms with Gasteiger partial charge >= 0.3 is 5.97 Å². The van der Waals surface area contributed by atoms with Crippen molar-refractivity contribution >= 4 is 23.6 Å². The van der Waals surface area contributed by atoms with Gasteiger partial charge in [-0.3, -0.25) is 4.79 Å². The van der Waals surface area contributed by atoms with E-state index in [1.54, 1.807) is 7.11 Å². The van der Waals surface area contributed by atoms with Crippen LogP contribution in [0.25, 0.3) is 11.8 Å². The summed E-state index contributed by atoms with van der Waals surface area (Å²) in [5.74, 6) is -1.35. The summed E-state index contributed by atoms with van der Waals surface area (Å²) in [6, 6.07) is 16.5. The van der Waals surface area contributed by atoms with E-state index in [1.165, 1.54) is 24.3 Å². The molecule has 1 N–H and O–H groups in total.